The van der Waals surface area contributed by atoms with Gasteiger partial charge in [-0.1, -0.05) is 39.9 Å². The highest BCUT2D eigenvalue weighted by Crippen LogP contribution is 2.18. The van der Waals surface area contributed by atoms with Gasteiger partial charge < -0.3 is 9.84 Å². The van der Waals surface area contributed by atoms with Crippen molar-refractivity contribution in [3.63, 3.8) is 0 Å². The van der Waals surface area contributed by atoms with Gasteiger partial charge in [-0.3, -0.25) is 4.79 Å². The molecule has 3 nitrogen and oxygen atoms in total. The second-order valence-corrected chi connectivity index (χ2v) is 6.30. The summed E-state index contributed by atoms with van der Waals surface area (Å²) in [5.41, 5.74) is 0.315. The Balaban J connectivity index is 2.42. The Bertz CT molecular complexity index is 503. The fourth-order valence-electron chi connectivity index (χ4n) is 1.48. The van der Waals surface area contributed by atoms with Crippen LogP contribution in [0.25, 0.3) is 0 Å². The van der Waals surface area contributed by atoms with Crippen LogP contribution in [0, 0.1) is 11.8 Å². The lowest BCUT2D eigenvalue weighted by molar-refractivity contribution is -0.153. The van der Waals surface area contributed by atoms with Crippen LogP contribution in [0.1, 0.15) is 45.3 Å². The number of aliphatic hydroxyl groups excluding tert-OH is 1. The van der Waals surface area contributed by atoms with Crippen LogP contribution < -0.4 is 0 Å². The molecular formula is C16H19BrO3. The Morgan fingerprint density at radius 3 is 2.45 bits per heavy atom. The summed E-state index contributed by atoms with van der Waals surface area (Å²) in [4.78, 5) is 11.4. The molecule has 0 bridgehead atoms. The fourth-order valence-corrected chi connectivity index (χ4v) is 1.75. The number of carbonyl (C=O) groups excluding carboxylic acids is 1. The van der Waals surface area contributed by atoms with Gasteiger partial charge in [0, 0.05) is 10.9 Å². The first-order valence-corrected chi connectivity index (χ1v) is 7.18. The Morgan fingerprint density at radius 1 is 1.30 bits per heavy atom. The topological polar surface area (TPSA) is 46.5 Å². The van der Waals surface area contributed by atoms with Gasteiger partial charge in [0.05, 0.1) is 6.10 Å². The molecule has 0 saturated heterocycles. The van der Waals surface area contributed by atoms with Crippen LogP contribution in [0.3, 0.4) is 0 Å². The summed E-state index contributed by atoms with van der Waals surface area (Å²) in [5.74, 6) is 5.18. The summed E-state index contributed by atoms with van der Waals surface area (Å²) in [6.45, 7) is 5.45. The predicted octanol–water partition coefficient (Wildman–Crippen LogP) is 3.61. The van der Waals surface area contributed by atoms with E-state index < -0.39 is 11.7 Å². The van der Waals surface area contributed by atoms with Crippen molar-refractivity contribution in [2.45, 2.75) is 45.3 Å². The lowest BCUT2D eigenvalue weighted by Gasteiger charge is -2.18. The lowest BCUT2D eigenvalue weighted by Crippen LogP contribution is -2.23. The minimum Gasteiger partial charge on any atom is -0.459 e. The molecule has 0 aliphatic rings. The number of halogens is 1. The van der Waals surface area contributed by atoms with Gasteiger partial charge in [-0.25, -0.2) is 0 Å². The molecule has 0 aliphatic carbocycles. The molecule has 1 aromatic carbocycles. The number of carbonyl (C=O) groups is 1. The maximum absolute atomic E-state index is 11.4. The van der Waals surface area contributed by atoms with E-state index >= 15 is 0 Å². The van der Waals surface area contributed by atoms with Gasteiger partial charge in [0.2, 0.25) is 0 Å². The molecular weight excluding hydrogens is 320 g/mol. The first kappa shape index (κ1) is 16.7. The second kappa shape index (κ2) is 7.47. The highest BCUT2D eigenvalue weighted by molar-refractivity contribution is 9.10. The van der Waals surface area contributed by atoms with E-state index in [0.717, 1.165) is 10.0 Å². The van der Waals surface area contributed by atoms with Crippen molar-refractivity contribution in [3.8, 4) is 11.8 Å². The average Bonchev–Trinajstić information content (AvgIpc) is 2.33. The Labute approximate surface area is 128 Å². The third kappa shape index (κ3) is 6.74. The molecule has 0 saturated carbocycles. The summed E-state index contributed by atoms with van der Waals surface area (Å²) in [6, 6.07) is 7.41. The number of aliphatic hydroxyl groups is 1. The van der Waals surface area contributed by atoms with Gasteiger partial charge >= 0.3 is 5.97 Å². The largest absolute Gasteiger partial charge is 0.459 e. The number of ether oxygens (including phenoxy) is 1. The molecule has 0 heterocycles. The third-order valence-electron chi connectivity index (χ3n) is 2.33. The molecule has 1 unspecified atom stereocenters. The minimum atomic E-state index is -0.644. The highest BCUT2D eigenvalue weighted by atomic mass is 79.9. The molecule has 0 fully saturated rings. The van der Waals surface area contributed by atoms with Gasteiger partial charge in [-0.2, -0.15) is 0 Å². The maximum Gasteiger partial charge on any atom is 0.318 e. The average molecular weight is 339 g/mol. The van der Waals surface area contributed by atoms with Crippen LogP contribution in [-0.2, 0) is 9.53 Å². The van der Waals surface area contributed by atoms with Crippen molar-refractivity contribution in [2.75, 3.05) is 0 Å². The van der Waals surface area contributed by atoms with E-state index in [1.54, 1.807) is 0 Å². The zero-order valence-corrected chi connectivity index (χ0v) is 13.5. The number of hydrogen-bond donors (Lipinski definition) is 1. The number of hydrogen-bond acceptors (Lipinski definition) is 3. The molecule has 1 atom stereocenters. The molecule has 0 aliphatic heterocycles. The van der Waals surface area contributed by atoms with Crippen molar-refractivity contribution in [1.29, 1.82) is 0 Å². The van der Waals surface area contributed by atoms with Crippen molar-refractivity contribution in [2.24, 2.45) is 0 Å². The normalized spacial score (nSPS) is 12.2. The molecule has 1 rings (SSSR count). The smallest absolute Gasteiger partial charge is 0.318 e. The zero-order valence-electron chi connectivity index (χ0n) is 11.9. The van der Waals surface area contributed by atoms with Gasteiger partial charge in [-0.05, 0) is 38.5 Å². The van der Waals surface area contributed by atoms with E-state index in [2.05, 4.69) is 27.8 Å². The molecule has 0 radical (unpaired) electrons. The van der Waals surface area contributed by atoms with E-state index in [9.17, 15) is 9.90 Å². The molecule has 0 aromatic heterocycles. The van der Waals surface area contributed by atoms with E-state index in [4.69, 9.17) is 4.74 Å². The Kier molecular flexibility index (Phi) is 6.25. The molecule has 4 heteroatoms. The standard InChI is InChI=1S/C16H19BrO3/c1-16(2,3)20-15(19)7-5-4-6-14(18)12-8-10-13(17)11-9-12/h8-11,14,18H,6-7H2,1-3H3. The monoisotopic (exact) mass is 338 g/mol. The Morgan fingerprint density at radius 2 is 1.90 bits per heavy atom. The summed E-state index contributed by atoms with van der Waals surface area (Å²) < 4.78 is 6.10. The van der Waals surface area contributed by atoms with Crippen LogP contribution in [0.5, 0.6) is 0 Å². The van der Waals surface area contributed by atoms with Crippen molar-refractivity contribution < 1.29 is 14.6 Å². The third-order valence-corrected chi connectivity index (χ3v) is 2.86. The van der Waals surface area contributed by atoms with Crippen LogP contribution in [0.15, 0.2) is 28.7 Å². The first-order chi connectivity index (χ1) is 9.28. The van der Waals surface area contributed by atoms with Gasteiger partial charge in [0.25, 0.3) is 0 Å². The summed E-state index contributed by atoms with van der Waals surface area (Å²) in [5, 5.41) is 9.93. The minimum absolute atomic E-state index is 0.0460. The molecule has 0 spiro atoms. The molecule has 1 N–H and O–H groups in total. The second-order valence-electron chi connectivity index (χ2n) is 5.39. The molecule has 108 valence electrons. The van der Waals surface area contributed by atoms with Crippen molar-refractivity contribution in [3.05, 3.63) is 34.3 Å². The Hall–Kier alpha value is -1.31. The first-order valence-electron chi connectivity index (χ1n) is 6.39. The summed E-state index contributed by atoms with van der Waals surface area (Å²) in [7, 11) is 0. The predicted molar refractivity (Wildman–Crippen MR) is 82.0 cm³/mol. The number of benzene rings is 1. The summed E-state index contributed by atoms with van der Waals surface area (Å²) >= 11 is 3.34. The SMILES string of the molecule is CC(C)(C)OC(=O)CC#CCC(O)c1ccc(Br)cc1. The van der Waals surface area contributed by atoms with Crippen LogP contribution in [-0.4, -0.2) is 16.7 Å². The van der Waals surface area contributed by atoms with E-state index in [1.165, 1.54) is 0 Å². The van der Waals surface area contributed by atoms with E-state index in [-0.39, 0.29) is 12.4 Å². The number of esters is 1. The lowest BCUT2D eigenvalue weighted by atomic mass is 10.1. The van der Waals surface area contributed by atoms with E-state index in [0.29, 0.717) is 6.42 Å². The molecule has 1 aromatic rings. The van der Waals surface area contributed by atoms with Crippen LogP contribution in [0.4, 0.5) is 0 Å². The van der Waals surface area contributed by atoms with E-state index in [1.807, 2.05) is 45.0 Å². The van der Waals surface area contributed by atoms with Crippen molar-refractivity contribution >= 4 is 21.9 Å². The fraction of sp³-hybridized carbons (Fsp3) is 0.438. The van der Waals surface area contributed by atoms with Crippen LogP contribution in [0.2, 0.25) is 0 Å². The quantitative estimate of drug-likeness (QED) is 0.676. The maximum atomic E-state index is 11.4. The van der Waals surface area contributed by atoms with Gasteiger partial charge in [-0.15, -0.1) is 0 Å². The van der Waals surface area contributed by atoms with Crippen molar-refractivity contribution in [1.82, 2.24) is 0 Å². The van der Waals surface area contributed by atoms with Crippen LogP contribution >= 0.6 is 15.9 Å². The number of rotatable bonds is 3. The van der Waals surface area contributed by atoms with Gasteiger partial charge in [0.15, 0.2) is 0 Å². The summed E-state index contributed by atoms with van der Waals surface area (Å²) in [6.07, 6.45) is -0.302. The molecule has 0 amide bonds. The van der Waals surface area contributed by atoms with Gasteiger partial charge in [0.1, 0.15) is 12.0 Å². The highest BCUT2D eigenvalue weighted by Gasteiger charge is 2.14. The molecule has 20 heavy (non-hydrogen) atoms. The zero-order chi connectivity index (χ0) is 15.2.